The fourth-order valence-corrected chi connectivity index (χ4v) is 2.08. The first kappa shape index (κ1) is 12.5. The lowest BCUT2D eigenvalue weighted by Gasteiger charge is -2.12. The van der Waals surface area contributed by atoms with Crippen LogP contribution in [0.2, 0.25) is 0 Å². The molecule has 2 aromatic carbocycles. The van der Waals surface area contributed by atoms with Crippen LogP contribution < -0.4 is 4.74 Å². The maximum Gasteiger partial charge on any atom is 0.124 e. The molecule has 0 bridgehead atoms. The standard InChI is InChI=1S/C15H16O3/c1-10-6-12(9-16)15(14(17)7-10)11-4-3-5-13(8-11)18-2/h3-8,16-17H,9H2,1-2H3. The van der Waals surface area contributed by atoms with Crippen LogP contribution in [-0.4, -0.2) is 17.3 Å². The van der Waals surface area contributed by atoms with E-state index in [1.807, 2.05) is 37.3 Å². The summed E-state index contributed by atoms with van der Waals surface area (Å²) in [5.41, 5.74) is 3.11. The monoisotopic (exact) mass is 244 g/mol. The molecule has 0 aliphatic rings. The first-order valence-corrected chi connectivity index (χ1v) is 5.73. The first-order chi connectivity index (χ1) is 8.65. The molecule has 3 heteroatoms. The Hall–Kier alpha value is -2.00. The minimum absolute atomic E-state index is 0.109. The van der Waals surface area contributed by atoms with Crippen molar-refractivity contribution in [3.8, 4) is 22.6 Å². The SMILES string of the molecule is COc1cccc(-c2c(O)cc(C)cc2CO)c1. The van der Waals surface area contributed by atoms with Gasteiger partial charge in [-0.2, -0.15) is 0 Å². The van der Waals surface area contributed by atoms with Gasteiger partial charge >= 0.3 is 0 Å². The molecule has 2 rings (SSSR count). The van der Waals surface area contributed by atoms with Crippen molar-refractivity contribution in [3.63, 3.8) is 0 Å². The van der Waals surface area contributed by atoms with Crippen molar-refractivity contribution in [2.24, 2.45) is 0 Å². The molecular formula is C15H16O3. The predicted molar refractivity (Wildman–Crippen MR) is 70.8 cm³/mol. The number of rotatable bonds is 3. The number of methoxy groups -OCH3 is 1. The number of hydrogen-bond acceptors (Lipinski definition) is 3. The van der Waals surface area contributed by atoms with Gasteiger partial charge in [0.25, 0.3) is 0 Å². The summed E-state index contributed by atoms with van der Waals surface area (Å²) in [6, 6.07) is 11.0. The predicted octanol–water partition coefficient (Wildman–Crippen LogP) is 2.87. The summed E-state index contributed by atoms with van der Waals surface area (Å²) in [6.07, 6.45) is 0. The second kappa shape index (κ2) is 5.10. The number of aliphatic hydroxyl groups is 1. The topological polar surface area (TPSA) is 49.7 Å². The average Bonchev–Trinajstić information content (AvgIpc) is 2.37. The Morgan fingerprint density at radius 1 is 1.17 bits per heavy atom. The fourth-order valence-electron chi connectivity index (χ4n) is 2.08. The van der Waals surface area contributed by atoms with Crippen LogP contribution in [-0.2, 0) is 6.61 Å². The maximum atomic E-state index is 10.1. The molecule has 0 heterocycles. The van der Waals surface area contributed by atoms with Gasteiger partial charge in [0.1, 0.15) is 11.5 Å². The number of phenols is 1. The third-order valence-electron chi connectivity index (χ3n) is 2.87. The highest BCUT2D eigenvalue weighted by atomic mass is 16.5. The van der Waals surface area contributed by atoms with Crippen LogP contribution in [0.1, 0.15) is 11.1 Å². The Labute approximate surface area is 106 Å². The Kier molecular flexibility index (Phi) is 3.53. The van der Waals surface area contributed by atoms with Crippen molar-refractivity contribution in [1.29, 1.82) is 0 Å². The Morgan fingerprint density at radius 2 is 1.94 bits per heavy atom. The van der Waals surface area contributed by atoms with Crippen LogP contribution in [0.5, 0.6) is 11.5 Å². The minimum Gasteiger partial charge on any atom is -0.507 e. The number of aliphatic hydroxyl groups excluding tert-OH is 1. The molecule has 0 saturated carbocycles. The Bertz CT molecular complexity index is 562. The van der Waals surface area contributed by atoms with Crippen LogP contribution >= 0.6 is 0 Å². The highest BCUT2D eigenvalue weighted by molar-refractivity contribution is 5.75. The number of aryl methyl sites for hydroxylation is 1. The Balaban J connectivity index is 2.62. The summed E-state index contributed by atoms with van der Waals surface area (Å²) >= 11 is 0. The smallest absolute Gasteiger partial charge is 0.124 e. The molecule has 94 valence electrons. The molecule has 0 saturated heterocycles. The van der Waals surface area contributed by atoms with Crippen LogP contribution in [0.25, 0.3) is 11.1 Å². The van der Waals surface area contributed by atoms with E-state index >= 15 is 0 Å². The molecular weight excluding hydrogens is 228 g/mol. The van der Waals surface area contributed by atoms with Crippen molar-refractivity contribution in [3.05, 3.63) is 47.5 Å². The van der Waals surface area contributed by atoms with Gasteiger partial charge in [0.05, 0.1) is 13.7 Å². The summed E-state index contributed by atoms with van der Waals surface area (Å²) in [4.78, 5) is 0. The summed E-state index contributed by atoms with van der Waals surface area (Å²) in [5.74, 6) is 0.892. The normalized spacial score (nSPS) is 10.4. The number of phenolic OH excluding ortho intramolecular Hbond substituents is 1. The largest absolute Gasteiger partial charge is 0.507 e. The molecule has 0 atom stereocenters. The molecule has 0 fully saturated rings. The molecule has 2 N–H and O–H groups in total. The highest BCUT2D eigenvalue weighted by Gasteiger charge is 2.11. The van der Waals surface area contributed by atoms with Gasteiger partial charge < -0.3 is 14.9 Å². The van der Waals surface area contributed by atoms with Gasteiger partial charge in [-0.05, 0) is 41.8 Å². The molecule has 0 amide bonds. The van der Waals surface area contributed by atoms with Crippen LogP contribution in [0.4, 0.5) is 0 Å². The van der Waals surface area contributed by atoms with E-state index in [-0.39, 0.29) is 12.4 Å². The van der Waals surface area contributed by atoms with Gasteiger partial charge in [0, 0.05) is 5.56 Å². The number of hydrogen-bond donors (Lipinski definition) is 2. The fraction of sp³-hybridized carbons (Fsp3) is 0.200. The lowest BCUT2D eigenvalue weighted by molar-refractivity contribution is 0.281. The molecule has 0 aromatic heterocycles. The van der Waals surface area contributed by atoms with E-state index in [1.165, 1.54) is 0 Å². The van der Waals surface area contributed by atoms with E-state index in [0.29, 0.717) is 11.1 Å². The molecule has 0 spiro atoms. The molecule has 0 radical (unpaired) electrons. The minimum atomic E-state index is -0.109. The quantitative estimate of drug-likeness (QED) is 0.872. The first-order valence-electron chi connectivity index (χ1n) is 5.73. The van der Waals surface area contributed by atoms with E-state index < -0.39 is 0 Å². The van der Waals surface area contributed by atoms with Crippen molar-refractivity contribution in [1.82, 2.24) is 0 Å². The van der Waals surface area contributed by atoms with Crippen LogP contribution in [0, 0.1) is 6.92 Å². The van der Waals surface area contributed by atoms with E-state index in [4.69, 9.17) is 4.74 Å². The summed E-state index contributed by atoms with van der Waals surface area (Å²) in [7, 11) is 1.60. The number of aromatic hydroxyl groups is 1. The van der Waals surface area contributed by atoms with Crippen molar-refractivity contribution in [2.75, 3.05) is 7.11 Å². The summed E-state index contributed by atoms with van der Waals surface area (Å²) < 4.78 is 5.17. The lowest BCUT2D eigenvalue weighted by Crippen LogP contribution is -1.92. The van der Waals surface area contributed by atoms with Crippen LogP contribution in [0.3, 0.4) is 0 Å². The van der Waals surface area contributed by atoms with E-state index in [2.05, 4.69) is 0 Å². The third kappa shape index (κ3) is 2.31. The lowest BCUT2D eigenvalue weighted by atomic mass is 9.97. The molecule has 0 aliphatic heterocycles. The van der Waals surface area contributed by atoms with Gasteiger partial charge in [-0.25, -0.2) is 0 Å². The molecule has 2 aromatic rings. The summed E-state index contributed by atoms with van der Waals surface area (Å²) in [5, 5.41) is 19.5. The zero-order valence-corrected chi connectivity index (χ0v) is 10.5. The summed E-state index contributed by atoms with van der Waals surface area (Å²) in [6.45, 7) is 1.77. The van der Waals surface area contributed by atoms with Crippen molar-refractivity contribution < 1.29 is 14.9 Å². The van der Waals surface area contributed by atoms with Crippen molar-refractivity contribution >= 4 is 0 Å². The van der Waals surface area contributed by atoms with Gasteiger partial charge in [0.15, 0.2) is 0 Å². The molecule has 18 heavy (non-hydrogen) atoms. The average molecular weight is 244 g/mol. The zero-order valence-electron chi connectivity index (χ0n) is 10.5. The van der Waals surface area contributed by atoms with Gasteiger partial charge in [0.2, 0.25) is 0 Å². The highest BCUT2D eigenvalue weighted by Crippen LogP contribution is 2.35. The van der Waals surface area contributed by atoms with Gasteiger partial charge in [-0.1, -0.05) is 18.2 Å². The molecule has 3 nitrogen and oxygen atoms in total. The maximum absolute atomic E-state index is 10.1. The molecule has 0 aliphatic carbocycles. The van der Waals surface area contributed by atoms with Gasteiger partial charge in [-0.3, -0.25) is 0 Å². The second-order valence-corrected chi connectivity index (χ2v) is 4.21. The number of benzene rings is 2. The third-order valence-corrected chi connectivity index (χ3v) is 2.87. The second-order valence-electron chi connectivity index (χ2n) is 4.21. The van der Waals surface area contributed by atoms with E-state index in [9.17, 15) is 10.2 Å². The Morgan fingerprint density at radius 3 is 2.61 bits per heavy atom. The van der Waals surface area contributed by atoms with Gasteiger partial charge in [-0.15, -0.1) is 0 Å². The zero-order chi connectivity index (χ0) is 13.1. The number of ether oxygens (including phenoxy) is 1. The molecule has 0 unspecified atom stereocenters. The van der Waals surface area contributed by atoms with E-state index in [1.54, 1.807) is 13.2 Å². The van der Waals surface area contributed by atoms with Crippen molar-refractivity contribution in [2.45, 2.75) is 13.5 Å². The van der Waals surface area contributed by atoms with Crippen LogP contribution in [0.15, 0.2) is 36.4 Å². The van der Waals surface area contributed by atoms with E-state index in [0.717, 1.165) is 16.9 Å².